The summed E-state index contributed by atoms with van der Waals surface area (Å²) in [6.45, 7) is 5.46. The summed E-state index contributed by atoms with van der Waals surface area (Å²) in [5.74, 6) is 3.32. The molecule has 1 heterocycles. The lowest BCUT2D eigenvalue weighted by atomic mass is 10.0. The predicted molar refractivity (Wildman–Crippen MR) is 130 cm³/mol. The number of carbonyl (C=O) groups excluding carboxylic acids is 1. The van der Waals surface area contributed by atoms with Crippen LogP contribution in [0.2, 0.25) is 0 Å². The summed E-state index contributed by atoms with van der Waals surface area (Å²) in [7, 11) is 1.60. The van der Waals surface area contributed by atoms with Gasteiger partial charge >= 0.3 is 0 Å². The van der Waals surface area contributed by atoms with Crippen LogP contribution < -0.4 is 25.3 Å². The minimum absolute atomic E-state index is 0.201. The summed E-state index contributed by atoms with van der Waals surface area (Å²) in [5, 5.41) is 2.90. The van der Waals surface area contributed by atoms with Crippen molar-refractivity contribution in [1.82, 2.24) is 0 Å². The van der Waals surface area contributed by atoms with Crippen molar-refractivity contribution in [1.29, 1.82) is 0 Å². The maximum Gasteiger partial charge on any atom is 0.241 e. The highest BCUT2D eigenvalue weighted by molar-refractivity contribution is 7.99. The fraction of sp³-hybridized carbons (Fsp3) is 0.480. The van der Waals surface area contributed by atoms with E-state index in [4.69, 9.17) is 19.9 Å². The van der Waals surface area contributed by atoms with Gasteiger partial charge in [0, 0.05) is 5.75 Å². The number of anilines is 1. The fourth-order valence-corrected chi connectivity index (χ4v) is 4.39. The van der Waals surface area contributed by atoms with Crippen molar-refractivity contribution >= 4 is 23.4 Å². The molecule has 0 aromatic heterocycles. The van der Waals surface area contributed by atoms with E-state index in [1.54, 1.807) is 7.11 Å². The third-order valence-corrected chi connectivity index (χ3v) is 6.40. The molecule has 1 aliphatic heterocycles. The second kappa shape index (κ2) is 12.0. The van der Waals surface area contributed by atoms with Crippen LogP contribution in [0.1, 0.15) is 44.2 Å². The number of amides is 1. The second-order valence-electron chi connectivity index (χ2n) is 7.84. The molecule has 7 heteroatoms. The van der Waals surface area contributed by atoms with Gasteiger partial charge in [0.15, 0.2) is 0 Å². The van der Waals surface area contributed by atoms with E-state index in [1.807, 2.05) is 36.9 Å². The first-order chi connectivity index (χ1) is 15.5. The van der Waals surface area contributed by atoms with Crippen LogP contribution in [0.25, 0.3) is 0 Å². The monoisotopic (exact) mass is 458 g/mol. The summed E-state index contributed by atoms with van der Waals surface area (Å²) in [6.07, 6.45) is 4.26. The molecular formula is C25H34N2O4S. The van der Waals surface area contributed by atoms with Crippen molar-refractivity contribution in [3.05, 3.63) is 41.5 Å². The number of benzene rings is 2. The van der Waals surface area contributed by atoms with E-state index in [0.717, 1.165) is 60.0 Å². The number of methoxy groups -OCH3 is 1. The number of hydrogen-bond acceptors (Lipinski definition) is 6. The van der Waals surface area contributed by atoms with E-state index in [-0.39, 0.29) is 5.91 Å². The molecule has 174 valence electrons. The summed E-state index contributed by atoms with van der Waals surface area (Å²) in [4.78, 5) is 13.4. The second-order valence-corrected chi connectivity index (χ2v) is 8.98. The zero-order valence-corrected chi connectivity index (χ0v) is 20.1. The Hall–Kier alpha value is -2.38. The van der Waals surface area contributed by atoms with Crippen LogP contribution in [0, 0.1) is 0 Å². The number of fused-ring (bicyclic) bond motifs is 1. The number of carbonyl (C=O) groups is 1. The average Bonchev–Trinajstić information content (AvgIpc) is 2.82. The Labute approximate surface area is 195 Å². The van der Waals surface area contributed by atoms with E-state index in [9.17, 15) is 4.79 Å². The lowest BCUT2D eigenvalue weighted by molar-refractivity contribution is -0.117. The molecule has 0 saturated carbocycles. The number of hydrogen-bond donors (Lipinski definition) is 2. The zero-order valence-electron chi connectivity index (χ0n) is 19.2. The van der Waals surface area contributed by atoms with Crippen LogP contribution in [-0.4, -0.2) is 38.0 Å². The lowest BCUT2D eigenvalue weighted by Gasteiger charge is -2.20. The molecular weight excluding hydrogens is 424 g/mol. The van der Waals surface area contributed by atoms with Gasteiger partial charge in [0.25, 0.3) is 0 Å². The Bertz CT molecular complexity index is 919. The third kappa shape index (κ3) is 6.33. The maximum absolute atomic E-state index is 12.2. The van der Waals surface area contributed by atoms with Crippen LogP contribution in [0.3, 0.4) is 0 Å². The highest BCUT2D eigenvalue weighted by atomic mass is 32.2. The van der Waals surface area contributed by atoms with Crippen LogP contribution in [0.5, 0.6) is 17.2 Å². The van der Waals surface area contributed by atoms with Gasteiger partial charge in [-0.2, -0.15) is 0 Å². The fourth-order valence-electron chi connectivity index (χ4n) is 3.56. The Morgan fingerprint density at radius 2 is 2.06 bits per heavy atom. The number of thioether (sulfide) groups is 1. The van der Waals surface area contributed by atoms with Crippen molar-refractivity contribution in [2.24, 2.45) is 5.73 Å². The van der Waals surface area contributed by atoms with Gasteiger partial charge in [-0.05, 0) is 67.5 Å². The van der Waals surface area contributed by atoms with Gasteiger partial charge in [-0.3, -0.25) is 4.79 Å². The molecule has 2 aromatic rings. The van der Waals surface area contributed by atoms with E-state index in [1.165, 1.54) is 5.56 Å². The molecule has 0 spiro atoms. The predicted octanol–water partition coefficient (Wildman–Crippen LogP) is 4.82. The molecule has 0 bridgehead atoms. The van der Waals surface area contributed by atoms with E-state index < -0.39 is 6.04 Å². The Morgan fingerprint density at radius 3 is 2.81 bits per heavy atom. The van der Waals surface area contributed by atoms with Crippen molar-refractivity contribution in [3.8, 4) is 17.2 Å². The smallest absolute Gasteiger partial charge is 0.241 e. The molecule has 1 aliphatic rings. The average molecular weight is 459 g/mol. The third-order valence-electron chi connectivity index (χ3n) is 5.40. The van der Waals surface area contributed by atoms with Gasteiger partial charge in [0.05, 0.1) is 36.9 Å². The molecule has 0 unspecified atom stereocenters. The first-order valence-corrected chi connectivity index (χ1v) is 12.3. The molecule has 32 heavy (non-hydrogen) atoms. The molecule has 3 N–H and O–H groups in total. The van der Waals surface area contributed by atoms with Crippen LogP contribution in [0.15, 0.2) is 35.2 Å². The highest BCUT2D eigenvalue weighted by Gasteiger charge is 2.17. The van der Waals surface area contributed by atoms with Crippen LogP contribution in [-0.2, 0) is 17.6 Å². The summed E-state index contributed by atoms with van der Waals surface area (Å²) < 4.78 is 17.3. The molecule has 0 radical (unpaired) electrons. The van der Waals surface area contributed by atoms with E-state index >= 15 is 0 Å². The van der Waals surface area contributed by atoms with Crippen molar-refractivity contribution in [2.75, 3.05) is 31.4 Å². The topological polar surface area (TPSA) is 82.8 Å². The number of aryl methyl sites for hydroxylation is 2. The van der Waals surface area contributed by atoms with Gasteiger partial charge in [-0.25, -0.2) is 0 Å². The molecule has 6 nitrogen and oxygen atoms in total. The molecule has 0 saturated heterocycles. The van der Waals surface area contributed by atoms with E-state index in [2.05, 4.69) is 24.4 Å². The number of rotatable bonds is 11. The minimum Gasteiger partial charge on any atom is -0.495 e. The molecule has 0 fully saturated rings. The number of nitrogens with one attached hydrogen (secondary N) is 1. The standard InChI is InChI=1S/C25H34N2O4S/c1-4-11-30-22-16-24-23(31-12-13-32-24)15-18(22)8-6-7-17-9-10-21(29-3)20(14-17)27-25(28)19(26)5-2/h9-10,14-16,19H,4-8,11-13,26H2,1-3H3,(H,27,28)/t19-/m0/s1. The largest absolute Gasteiger partial charge is 0.495 e. The van der Waals surface area contributed by atoms with Gasteiger partial charge in [0.2, 0.25) is 5.91 Å². The SMILES string of the molecule is CCCOc1cc2c(cc1CCCc1ccc(OC)c(NC(=O)[C@@H](N)CC)c1)OCCS2. The van der Waals surface area contributed by atoms with Crippen LogP contribution >= 0.6 is 11.8 Å². The van der Waals surface area contributed by atoms with E-state index in [0.29, 0.717) is 24.5 Å². The first kappa shape index (κ1) is 24.3. The normalized spacial score (nSPS) is 13.6. The van der Waals surface area contributed by atoms with Crippen molar-refractivity contribution in [2.45, 2.75) is 56.9 Å². The summed E-state index contributed by atoms with van der Waals surface area (Å²) in [5.41, 5.74) is 8.82. The van der Waals surface area contributed by atoms with Gasteiger partial charge in [-0.1, -0.05) is 19.9 Å². The van der Waals surface area contributed by atoms with Crippen molar-refractivity contribution < 1.29 is 19.0 Å². The first-order valence-electron chi connectivity index (χ1n) is 11.3. The van der Waals surface area contributed by atoms with Gasteiger partial charge in [-0.15, -0.1) is 11.8 Å². The molecule has 2 aromatic carbocycles. The summed E-state index contributed by atoms with van der Waals surface area (Å²) in [6, 6.07) is 9.63. The Morgan fingerprint density at radius 1 is 1.22 bits per heavy atom. The molecule has 1 atom stereocenters. The zero-order chi connectivity index (χ0) is 22.9. The maximum atomic E-state index is 12.2. The molecule has 0 aliphatic carbocycles. The minimum atomic E-state index is -0.533. The number of ether oxygens (including phenoxy) is 3. The molecule has 1 amide bonds. The molecule has 3 rings (SSSR count). The lowest BCUT2D eigenvalue weighted by Crippen LogP contribution is -2.34. The highest BCUT2D eigenvalue weighted by Crippen LogP contribution is 2.39. The van der Waals surface area contributed by atoms with Crippen molar-refractivity contribution in [3.63, 3.8) is 0 Å². The van der Waals surface area contributed by atoms with Gasteiger partial charge < -0.3 is 25.3 Å². The summed E-state index contributed by atoms with van der Waals surface area (Å²) >= 11 is 1.82. The number of nitrogens with two attached hydrogens (primary N) is 1. The van der Waals surface area contributed by atoms with Crippen LogP contribution in [0.4, 0.5) is 5.69 Å². The Kier molecular flexibility index (Phi) is 9.11. The Balaban J connectivity index is 1.69. The van der Waals surface area contributed by atoms with Gasteiger partial charge in [0.1, 0.15) is 17.2 Å². The quantitative estimate of drug-likeness (QED) is 0.502.